The van der Waals surface area contributed by atoms with E-state index in [1.165, 1.54) is 11.3 Å². The Bertz CT molecular complexity index is 1050. The second kappa shape index (κ2) is 9.68. The molecular weight excluding hydrogens is 448 g/mol. The fourth-order valence-corrected chi connectivity index (χ4v) is 6.20. The number of thiazole rings is 1. The molecule has 4 rings (SSSR count). The van der Waals surface area contributed by atoms with Crippen LogP contribution in [0.3, 0.4) is 0 Å². The first-order valence-corrected chi connectivity index (χ1v) is 13.5. The van der Waals surface area contributed by atoms with Crippen molar-refractivity contribution in [1.82, 2.24) is 14.8 Å². The largest absolute Gasteiger partial charge is 0.341 e. The SMILES string of the molecule is Cc1csc(NC(=O)C2CCN(C(=O)C(c3ccccc3)N3CCS(=O)(=O)CC3)CC2)n1. The average molecular weight is 477 g/mol. The van der Waals surface area contributed by atoms with E-state index in [4.69, 9.17) is 0 Å². The van der Waals surface area contributed by atoms with Gasteiger partial charge in [0.1, 0.15) is 6.04 Å². The highest BCUT2D eigenvalue weighted by molar-refractivity contribution is 7.91. The molecular formula is C22H28N4O4S2. The highest BCUT2D eigenvalue weighted by Crippen LogP contribution is 2.28. The molecule has 0 aliphatic carbocycles. The van der Waals surface area contributed by atoms with E-state index in [1.54, 1.807) is 0 Å². The van der Waals surface area contributed by atoms with E-state index in [-0.39, 0.29) is 29.2 Å². The quantitative estimate of drug-likeness (QED) is 0.710. The van der Waals surface area contributed by atoms with Crippen molar-refractivity contribution in [2.45, 2.75) is 25.8 Å². The number of aromatic nitrogens is 1. The van der Waals surface area contributed by atoms with E-state index in [9.17, 15) is 18.0 Å². The second-order valence-corrected chi connectivity index (χ2v) is 11.5. The first-order valence-electron chi connectivity index (χ1n) is 10.8. The van der Waals surface area contributed by atoms with Gasteiger partial charge in [-0.3, -0.25) is 14.5 Å². The van der Waals surface area contributed by atoms with Gasteiger partial charge in [-0.1, -0.05) is 30.3 Å². The lowest BCUT2D eigenvalue weighted by atomic mass is 9.94. The van der Waals surface area contributed by atoms with Crippen LogP contribution in [-0.4, -0.2) is 72.7 Å². The molecule has 172 valence electrons. The lowest BCUT2D eigenvalue weighted by Crippen LogP contribution is -2.50. The summed E-state index contributed by atoms with van der Waals surface area (Å²) in [6.07, 6.45) is 1.19. The predicted molar refractivity (Wildman–Crippen MR) is 124 cm³/mol. The lowest BCUT2D eigenvalue weighted by molar-refractivity contribution is -0.140. The molecule has 3 heterocycles. The van der Waals surface area contributed by atoms with Gasteiger partial charge in [0.15, 0.2) is 15.0 Å². The van der Waals surface area contributed by atoms with Crippen LogP contribution in [0.4, 0.5) is 5.13 Å². The van der Waals surface area contributed by atoms with Crippen LogP contribution in [0.5, 0.6) is 0 Å². The number of carbonyl (C=O) groups excluding carboxylic acids is 2. The fourth-order valence-electron chi connectivity index (χ4n) is 4.28. The Morgan fingerprint density at radius 2 is 1.75 bits per heavy atom. The molecule has 2 aliphatic rings. The number of hydrogen-bond donors (Lipinski definition) is 1. The number of carbonyl (C=O) groups is 2. The van der Waals surface area contributed by atoms with E-state index in [2.05, 4.69) is 10.3 Å². The maximum atomic E-state index is 13.6. The number of piperidine rings is 1. The lowest BCUT2D eigenvalue weighted by Gasteiger charge is -2.39. The molecule has 2 amide bonds. The highest BCUT2D eigenvalue weighted by Gasteiger charge is 2.37. The molecule has 2 saturated heterocycles. The molecule has 1 aromatic carbocycles. The second-order valence-electron chi connectivity index (χ2n) is 8.38. The van der Waals surface area contributed by atoms with Crippen molar-refractivity contribution in [3.63, 3.8) is 0 Å². The molecule has 2 aromatic rings. The smallest absolute Gasteiger partial charge is 0.244 e. The van der Waals surface area contributed by atoms with Crippen LogP contribution in [0.2, 0.25) is 0 Å². The first-order chi connectivity index (χ1) is 15.3. The van der Waals surface area contributed by atoms with Gasteiger partial charge < -0.3 is 10.2 Å². The number of nitrogens with zero attached hydrogens (tertiary/aromatic N) is 3. The molecule has 32 heavy (non-hydrogen) atoms. The third kappa shape index (κ3) is 5.36. The minimum Gasteiger partial charge on any atom is -0.341 e. The van der Waals surface area contributed by atoms with Crippen molar-refractivity contribution in [3.8, 4) is 0 Å². The Morgan fingerprint density at radius 3 is 2.34 bits per heavy atom. The summed E-state index contributed by atoms with van der Waals surface area (Å²) in [5, 5.41) is 5.39. The molecule has 10 heteroatoms. The van der Waals surface area contributed by atoms with E-state index >= 15 is 0 Å². The number of aryl methyl sites for hydroxylation is 1. The average Bonchev–Trinajstić information content (AvgIpc) is 3.20. The van der Waals surface area contributed by atoms with Crippen LogP contribution < -0.4 is 5.32 Å². The number of amides is 2. The molecule has 0 saturated carbocycles. The topological polar surface area (TPSA) is 99.7 Å². The molecule has 0 radical (unpaired) electrons. The van der Waals surface area contributed by atoms with Gasteiger partial charge in [0, 0.05) is 37.5 Å². The van der Waals surface area contributed by atoms with Gasteiger partial charge in [0.25, 0.3) is 0 Å². The number of hydrogen-bond acceptors (Lipinski definition) is 7. The van der Waals surface area contributed by atoms with E-state index in [0.717, 1.165) is 11.3 Å². The summed E-state index contributed by atoms with van der Waals surface area (Å²) < 4.78 is 23.8. The number of benzene rings is 1. The van der Waals surface area contributed by atoms with Crippen LogP contribution in [0.1, 0.15) is 30.1 Å². The summed E-state index contributed by atoms with van der Waals surface area (Å²) in [7, 11) is -3.04. The van der Waals surface area contributed by atoms with Gasteiger partial charge in [-0.15, -0.1) is 11.3 Å². The van der Waals surface area contributed by atoms with Crippen molar-refractivity contribution in [3.05, 3.63) is 47.0 Å². The molecule has 2 fully saturated rings. The van der Waals surface area contributed by atoms with E-state index in [0.29, 0.717) is 44.2 Å². The Labute approximate surface area is 192 Å². The molecule has 1 atom stereocenters. The van der Waals surface area contributed by atoms with Crippen LogP contribution in [0.25, 0.3) is 0 Å². The summed E-state index contributed by atoms with van der Waals surface area (Å²) in [6, 6.07) is 9.03. The molecule has 0 spiro atoms. The number of nitrogens with one attached hydrogen (secondary N) is 1. The predicted octanol–water partition coefficient (Wildman–Crippen LogP) is 2.10. The summed E-state index contributed by atoms with van der Waals surface area (Å²) in [5.41, 5.74) is 1.75. The van der Waals surface area contributed by atoms with Crippen LogP contribution in [-0.2, 0) is 19.4 Å². The Hall–Kier alpha value is -2.30. The maximum Gasteiger partial charge on any atom is 0.244 e. The van der Waals surface area contributed by atoms with Gasteiger partial charge in [0.05, 0.1) is 17.2 Å². The number of rotatable bonds is 5. The summed E-state index contributed by atoms with van der Waals surface area (Å²) >= 11 is 1.41. The molecule has 1 unspecified atom stereocenters. The minimum atomic E-state index is -3.04. The van der Waals surface area contributed by atoms with Gasteiger partial charge in [0.2, 0.25) is 11.8 Å². The van der Waals surface area contributed by atoms with Crippen LogP contribution >= 0.6 is 11.3 Å². The molecule has 2 aliphatic heterocycles. The van der Waals surface area contributed by atoms with Crippen LogP contribution in [0, 0.1) is 12.8 Å². The zero-order chi connectivity index (χ0) is 22.7. The monoisotopic (exact) mass is 476 g/mol. The van der Waals surface area contributed by atoms with Crippen molar-refractivity contribution in [2.75, 3.05) is 43.0 Å². The number of likely N-dealkylation sites (tertiary alicyclic amines) is 1. The Kier molecular flexibility index (Phi) is 6.92. The van der Waals surface area contributed by atoms with Crippen molar-refractivity contribution >= 4 is 38.1 Å². The first kappa shape index (κ1) is 22.9. The zero-order valence-corrected chi connectivity index (χ0v) is 19.7. The molecule has 8 nitrogen and oxygen atoms in total. The third-order valence-corrected chi connectivity index (χ3v) is 8.60. The van der Waals surface area contributed by atoms with Gasteiger partial charge >= 0.3 is 0 Å². The standard InChI is InChI=1S/C22H28N4O4S2/c1-16-15-31-22(23-16)24-20(27)18-7-9-26(10-8-18)21(28)19(17-5-3-2-4-6-17)25-11-13-32(29,30)14-12-25/h2-6,15,18-19H,7-14H2,1H3,(H,23,24,27). The van der Waals surface area contributed by atoms with Gasteiger partial charge in [-0.2, -0.15) is 0 Å². The maximum absolute atomic E-state index is 13.6. The molecule has 1 N–H and O–H groups in total. The Morgan fingerprint density at radius 1 is 1.09 bits per heavy atom. The number of sulfone groups is 1. The van der Waals surface area contributed by atoms with Crippen molar-refractivity contribution in [2.24, 2.45) is 5.92 Å². The summed E-state index contributed by atoms with van der Waals surface area (Å²) in [5.74, 6) is -0.0831. The number of anilines is 1. The molecule has 1 aromatic heterocycles. The normalized spacial score (nSPS) is 20.6. The van der Waals surface area contributed by atoms with E-state index < -0.39 is 15.9 Å². The summed E-state index contributed by atoms with van der Waals surface area (Å²) in [6.45, 7) is 3.59. The van der Waals surface area contributed by atoms with Crippen molar-refractivity contribution < 1.29 is 18.0 Å². The zero-order valence-electron chi connectivity index (χ0n) is 18.1. The van der Waals surface area contributed by atoms with Gasteiger partial charge in [-0.05, 0) is 25.3 Å². The Balaban J connectivity index is 1.41. The van der Waals surface area contributed by atoms with Crippen molar-refractivity contribution in [1.29, 1.82) is 0 Å². The third-order valence-electron chi connectivity index (χ3n) is 6.12. The highest BCUT2D eigenvalue weighted by atomic mass is 32.2. The van der Waals surface area contributed by atoms with Gasteiger partial charge in [-0.25, -0.2) is 13.4 Å². The fraction of sp³-hybridized carbons (Fsp3) is 0.500. The van der Waals surface area contributed by atoms with E-state index in [1.807, 2.05) is 52.4 Å². The minimum absolute atomic E-state index is 0.0232. The molecule has 0 bridgehead atoms. The van der Waals surface area contributed by atoms with Crippen LogP contribution in [0.15, 0.2) is 35.7 Å². The summed E-state index contributed by atoms with van der Waals surface area (Å²) in [4.78, 5) is 34.2.